The molecule has 3 atom stereocenters. The van der Waals surface area contributed by atoms with Gasteiger partial charge in [0, 0.05) is 19.5 Å². The van der Waals surface area contributed by atoms with Crippen molar-refractivity contribution in [3.8, 4) is 0 Å². The van der Waals surface area contributed by atoms with E-state index in [9.17, 15) is 0 Å². The van der Waals surface area contributed by atoms with Gasteiger partial charge in [0.25, 0.3) is 0 Å². The van der Waals surface area contributed by atoms with Gasteiger partial charge in [-0.15, -0.1) is 0 Å². The van der Waals surface area contributed by atoms with Gasteiger partial charge in [0.2, 0.25) is 0 Å². The average Bonchev–Trinajstić information content (AvgIpc) is 3.55. The molecule has 3 aliphatic rings. The highest BCUT2D eigenvalue weighted by molar-refractivity contribution is 6.42. The molecular weight excluding hydrogens is 499 g/mol. The molecule has 3 aliphatic carbocycles. The van der Waals surface area contributed by atoms with Crippen LogP contribution in [0.25, 0.3) is 10.9 Å². The second-order valence-electron chi connectivity index (χ2n) is 12.0. The summed E-state index contributed by atoms with van der Waals surface area (Å²) in [6.45, 7) is 0. The molecular formula is C31H36Cl2N4. The van der Waals surface area contributed by atoms with Gasteiger partial charge in [0.15, 0.2) is 5.82 Å². The van der Waals surface area contributed by atoms with Crippen LogP contribution in [0.15, 0.2) is 42.5 Å². The zero-order valence-electron chi connectivity index (χ0n) is 21.8. The molecule has 1 aromatic heterocycles. The summed E-state index contributed by atoms with van der Waals surface area (Å²) >= 11 is 12.8. The fourth-order valence-corrected chi connectivity index (χ4v) is 7.70. The lowest BCUT2D eigenvalue weighted by Crippen LogP contribution is -2.36. The molecule has 194 valence electrons. The highest BCUT2D eigenvalue weighted by Crippen LogP contribution is 2.65. The third kappa shape index (κ3) is 4.76. The SMILES string of the molecule is CN(C)c1nc(C(=N)CC2CC23CCC(C2CCC2Cc2cccc(Cl)c2Cl)CC3)nc2ccccc12. The van der Waals surface area contributed by atoms with E-state index in [1.807, 2.05) is 49.3 Å². The largest absolute Gasteiger partial charge is 0.362 e. The molecule has 4 nitrogen and oxygen atoms in total. The third-order valence-electron chi connectivity index (χ3n) is 9.71. The standard InChI is InChI=1S/C31H36Cl2N4/c1-37(2)30-24-7-3-4-9-27(24)35-29(36-30)26(34)17-22-18-31(22)14-12-19(13-15-31)23-11-10-20(23)16-21-6-5-8-25(32)28(21)33/h3-9,19-20,22-23,34H,10-18H2,1-2H3. The number of hydrogen-bond donors (Lipinski definition) is 1. The van der Waals surface area contributed by atoms with E-state index >= 15 is 0 Å². The summed E-state index contributed by atoms with van der Waals surface area (Å²) in [7, 11) is 4.01. The summed E-state index contributed by atoms with van der Waals surface area (Å²) in [6.07, 6.45) is 11.1. The summed E-state index contributed by atoms with van der Waals surface area (Å²) in [5, 5.41) is 11.3. The molecule has 0 saturated heterocycles. The number of para-hydroxylation sites is 1. The van der Waals surface area contributed by atoms with Crippen molar-refractivity contribution in [2.24, 2.45) is 29.1 Å². The maximum atomic E-state index is 8.86. The number of rotatable bonds is 7. The van der Waals surface area contributed by atoms with Crippen LogP contribution in [-0.2, 0) is 6.42 Å². The predicted octanol–water partition coefficient (Wildman–Crippen LogP) is 8.23. The molecule has 0 amide bonds. The van der Waals surface area contributed by atoms with E-state index in [4.69, 9.17) is 38.6 Å². The molecule has 0 aliphatic heterocycles. The Hall–Kier alpha value is -2.17. The number of fused-ring (bicyclic) bond motifs is 1. The van der Waals surface area contributed by atoms with Crippen molar-refractivity contribution < 1.29 is 0 Å². The van der Waals surface area contributed by atoms with Crippen LogP contribution < -0.4 is 4.90 Å². The minimum Gasteiger partial charge on any atom is -0.362 e. The molecule has 0 radical (unpaired) electrons. The summed E-state index contributed by atoms with van der Waals surface area (Å²) in [5.41, 5.74) is 3.18. The van der Waals surface area contributed by atoms with E-state index < -0.39 is 0 Å². The zero-order valence-corrected chi connectivity index (χ0v) is 23.3. The lowest BCUT2D eigenvalue weighted by Gasteiger charge is -2.45. The Bertz CT molecular complexity index is 1330. The minimum absolute atomic E-state index is 0.458. The molecule has 1 N–H and O–H groups in total. The van der Waals surface area contributed by atoms with Gasteiger partial charge in [0.1, 0.15) is 5.82 Å². The van der Waals surface area contributed by atoms with Crippen LogP contribution in [0.4, 0.5) is 5.82 Å². The Morgan fingerprint density at radius 1 is 1.00 bits per heavy atom. The summed E-state index contributed by atoms with van der Waals surface area (Å²) < 4.78 is 0. The molecule has 1 heterocycles. The fraction of sp³-hybridized carbons (Fsp3) is 0.516. The van der Waals surface area contributed by atoms with E-state index in [0.29, 0.717) is 27.9 Å². The van der Waals surface area contributed by atoms with Crippen molar-refractivity contribution in [3.63, 3.8) is 0 Å². The van der Waals surface area contributed by atoms with Crippen molar-refractivity contribution in [2.45, 2.75) is 57.8 Å². The van der Waals surface area contributed by atoms with Crippen LogP contribution in [0.2, 0.25) is 10.0 Å². The van der Waals surface area contributed by atoms with Gasteiger partial charge >= 0.3 is 0 Å². The van der Waals surface area contributed by atoms with E-state index in [0.717, 1.165) is 52.3 Å². The summed E-state index contributed by atoms with van der Waals surface area (Å²) in [4.78, 5) is 11.6. The van der Waals surface area contributed by atoms with Crippen molar-refractivity contribution in [1.29, 1.82) is 5.41 Å². The molecule has 2 aromatic carbocycles. The number of nitrogens with zero attached hydrogens (tertiary/aromatic N) is 3. The molecule has 0 bridgehead atoms. The van der Waals surface area contributed by atoms with E-state index in [1.54, 1.807) is 0 Å². The van der Waals surface area contributed by atoms with Gasteiger partial charge in [-0.1, -0.05) is 47.5 Å². The van der Waals surface area contributed by atoms with Gasteiger partial charge in [-0.25, -0.2) is 9.97 Å². The molecule has 3 aromatic rings. The van der Waals surface area contributed by atoms with Gasteiger partial charge in [-0.05, 0) is 111 Å². The smallest absolute Gasteiger partial charge is 0.175 e. The minimum atomic E-state index is 0.458. The molecule has 1 spiro atoms. The molecule has 37 heavy (non-hydrogen) atoms. The summed E-state index contributed by atoms with van der Waals surface area (Å²) in [5.74, 6) is 4.52. The molecule has 3 fully saturated rings. The fourth-order valence-electron chi connectivity index (χ4n) is 7.31. The lowest BCUT2D eigenvalue weighted by molar-refractivity contribution is 0.0617. The Morgan fingerprint density at radius 2 is 1.78 bits per heavy atom. The second kappa shape index (κ2) is 9.85. The van der Waals surface area contributed by atoms with Crippen LogP contribution in [-0.4, -0.2) is 29.8 Å². The van der Waals surface area contributed by atoms with E-state index in [2.05, 4.69) is 12.1 Å². The Morgan fingerprint density at radius 3 is 2.51 bits per heavy atom. The monoisotopic (exact) mass is 534 g/mol. The molecule has 6 heteroatoms. The number of aromatic nitrogens is 2. The van der Waals surface area contributed by atoms with Crippen molar-refractivity contribution in [3.05, 3.63) is 63.9 Å². The predicted molar refractivity (Wildman–Crippen MR) is 154 cm³/mol. The zero-order chi connectivity index (χ0) is 25.7. The quantitative estimate of drug-likeness (QED) is 0.310. The molecule has 3 unspecified atom stereocenters. The average molecular weight is 536 g/mol. The summed E-state index contributed by atoms with van der Waals surface area (Å²) in [6, 6.07) is 14.2. The van der Waals surface area contributed by atoms with Crippen molar-refractivity contribution in [1.82, 2.24) is 9.97 Å². The van der Waals surface area contributed by atoms with Crippen LogP contribution in [0.1, 0.15) is 62.8 Å². The topological polar surface area (TPSA) is 52.9 Å². The molecule has 6 rings (SSSR count). The number of anilines is 1. The highest BCUT2D eigenvalue weighted by atomic mass is 35.5. The Balaban J connectivity index is 1.06. The first-order chi connectivity index (χ1) is 17.8. The van der Waals surface area contributed by atoms with Crippen LogP contribution in [0.3, 0.4) is 0 Å². The third-order valence-corrected chi connectivity index (χ3v) is 10.6. The van der Waals surface area contributed by atoms with E-state index in [1.165, 1.54) is 50.5 Å². The van der Waals surface area contributed by atoms with Gasteiger partial charge in [-0.3, -0.25) is 0 Å². The highest BCUT2D eigenvalue weighted by Gasteiger charge is 2.56. The maximum absolute atomic E-state index is 8.86. The normalized spacial score (nSPS) is 28.8. The second-order valence-corrected chi connectivity index (χ2v) is 12.8. The number of halogens is 2. The molecule has 3 saturated carbocycles. The van der Waals surface area contributed by atoms with Gasteiger partial charge < -0.3 is 10.3 Å². The lowest BCUT2D eigenvalue weighted by atomic mass is 9.60. The van der Waals surface area contributed by atoms with Crippen molar-refractivity contribution in [2.75, 3.05) is 19.0 Å². The Labute approximate surface area is 230 Å². The first kappa shape index (κ1) is 25.1. The number of nitrogens with one attached hydrogen (secondary N) is 1. The van der Waals surface area contributed by atoms with Crippen LogP contribution >= 0.6 is 23.2 Å². The first-order valence-corrected chi connectivity index (χ1v) is 14.5. The van der Waals surface area contributed by atoms with Crippen molar-refractivity contribution >= 4 is 45.6 Å². The maximum Gasteiger partial charge on any atom is 0.175 e. The Kier molecular flexibility index (Phi) is 6.69. The van der Waals surface area contributed by atoms with Crippen LogP contribution in [0, 0.1) is 34.5 Å². The number of benzene rings is 2. The van der Waals surface area contributed by atoms with E-state index in [-0.39, 0.29) is 0 Å². The number of hydrogen-bond acceptors (Lipinski definition) is 4. The van der Waals surface area contributed by atoms with Gasteiger partial charge in [-0.2, -0.15) is 0 Å². The van der Waals surface area contributed by atoms with Gasteiger partial charge in [0.05, 0.1) is 21.3 Å². The van der Waals surface area contributed by atoms with Crippen LogP contribution in [0.5, 0.6) is 0 Å². The first-order valence-electron chi connectivity index (χ1n) is 13.8.